The van der Waals surface area contributed by atoms with Gasteiger partial charge in [-0.25, -0.2) is 0 Å². The van der Waals surface area contributed by atoms with Crippen LogP contribution in [0.5, 0.6) is 5.75 Å². The molecule has 4 rings (SSSR count). The van der Waals surface area contributed by atoms with Crippen LogP contribution in [-0.4, -0.2) is 18.0 Å². The fraction of sp³-hybridized carbons (Fsp3) is 0.211. The van der Waals surface area contributed by atoms with E-state index in [9.17, 15) is 4.79 Å². The van der Waals surface area contributed by atoms with E-state index in [1.807, 2.05) is 30.3 Å². The van der Waals surface area contributed by atoms with Gasteiger partial charge in [-0.1, -0.05) is 31.2 Å². The minimum atomic E-state index is -0.0572. The van der Waals surface area contributed by atoms with E-state index in [1.54, 1.807) is 7.11 Å². The maximum absolute atomic E-state index is 12.7. The predicted octanol–water partition coefficient (Wildman–Crippen LogP) is 4.04. The first-order chi connectivity index (χ1) is 11.2. The molecule has 1 aliphatic heterocycles. The molecule has 23 heavy (non-hydrogen) atoms. The lowest BCUT2D eigenvalue weighted by Crippen LogP contribution is -2.27. The van der Waals surface area contributed by atoms with Crippen LogP contribution in [0.1, 0.15) is 35.4 Å². The van der Waals surface area contributed by atoms with Crippen LogP contribution in [0.2, 0.25) is 0 Å². The summed E-state index contributed by atoms with van der Waals surface area (Å²) in [5.41, 5.74) is 4.79. The summed E-state index contributed by atoms with van der Waals surface area (Å²) in [5, 5.41) is 4.14. The molecule has 116 valence electrons. The molecule has 1 atom stereocenters. The Labute approximate surface area is 134 Å². The molecule has 0 spiro atoms. The summed E-state index contributed by atoms with van der Waals surface area (Å²) >= 11 is 0. The molecular weight excluding hydrogens is 288 g/mol. The molecule has 0 saturated heterocycles. The number of aromatic nitrogens is 1. The Hall–Kier alpha value is -2.75. The van der Waals surface area contributed by atoms with E-state index in [2.05, 4.69) is 29.4 Å². The first-order valence-corrected chi connectivity index (χ1v) is 7.82. The van der Waals surface area contributed by atoms with Crippen molar-refractivity contribution in [2.45, 2.75) is 19.4 Å². The fourth-order valence-electron chi connectivity index (χ4n) is 3.41. The molecule has 0 saturated carbocycles. The van der Waals surface area contributed by atoms with Crippen LogP contribution in [0, 0.1) is 0 Å². The van der Waals surface area contributed by atoms with Crippen molar-refractivity contribution in [3.05, 3.63) is 53.7 Å². The topological polar surface area (TPSA) is 54.1 Å². The summed E-state index contributed by atoms with van der Waals surface area (Å²) < 4.78 is 5.36. The fourth-order valence-corrected chi connectivity index (χ4v) is 3.41. The number of nitrogens with one attached hydrogen (secondary N) is 2. The van der Waals surface area contributed by atoms with Crippen LogP contribution in [0.3, 0.4) is 0 Å². The molecule has 0 bridgehead atoms. The third kappa shape index (κ3) is 2.02. The van der Waals surface area contributed by atoms with Crippen molar-refractivity contribution in [2.24, 2.45) is 0 Å². The van der Waals surface area contributed by atoms with E-state index in [1.165, 1.54) is 0 Å². The van der Waals surface area contributed by atoms with E-state index in [0.29, 0.717) is 5.69 Å². The number of ether oxygens (including phenoxy) is 1. The van der Waals surface area contributed by atoms with Gasteiger partial charge in [-0.05, 0) is 35.7 Å². The van der Waals surface area contributed by atoms with Gasteiger partial charge in [0.15, 0.2) is 0 Å². The Morgan fingerprint density at radius 1 is 1.17 bits per heavy atom. The standard InChI is InChI=1S/C19H18N2O2/c1-3-15-12-6-4-5-7-13(12)17-14-10-11(23-2)8-9-16(14)20-18(17)19(22)21-15/h4-10,15,20H,3H2,1-2H3,(H,21,22)/t15-/m1/s1. The minimum absolute atomic E-state index is 0.0279. The first-order valence-electron chi connectivity index (χ1n) is 7.82. The van der Waals surface area contributed by atoms with E-state index in [-0.39, 0.29) is 11.9 Å². The normalized spacial score (nSPS) is 16.4. The van der Waals surface area contributed by atoms with E-state index in [4.69, 9.17) is 4.74 Å². The highest BCUT2D eigenvalue weighted by Crippen LogP contribution is 2.40. The predicted molar refractivity (Wildman–Crippen MR) is 90.8 cm³/mol. The van der Waals surface area contributed by atoms with Crippen molar-refractivity contribution < 1.29 is 9.53 Å². The lowest BCUT2D eigenvalue weighted by molar-refractivity contribution is 0.0933. The van der Waals surface area contributed by atoms with Crippen LogP contribution in [0.4, 0.5) is 0 Å². The molecular formula is C19H18N2O2. The third-order valence-corrected chi connectivity index (χ3v) is 4.55. The molecule has 4 heteroatoms. The zero-order chi connectivity index (χ0) is 16.0. The Bertz CT molecular complexity index is 911. The zero-order valence-corrected chi connectivity index (χ0v) is 13.1. The smallest absolute Gasteiger partial charge is 0.268 e. The first kappa shape index (κ1) is 13.9. The monoisotopic (exact) mass is 306 g/mol. The van der Waals surface area contributed by atoms with Gasteiger partial charge in [-0.15, -0.1) is 0 Å². The molecule has 0 aliphatic carbocycles. The number of carbonyl (C=O) groups excluding carboxylic acids is 1. The molecule has 3 aromatic rings. The molecule has 0 fully saturated rings. The van der Waals surface area contributed by atoms with Gasteiger partial charge < -0.3 is 15.0 Å². The molecule has 1 aromatic heterocycles. The Balaban J connectivity index is 2.09. The number of fused-ring (bicyclic) bond motifs is 5. The highest BCUT2D eigenvalue weighted by Gasteiger charge is 2.28. The van der Waals surface area contributed by atoms with Gasteiger partial charge in [0.1, 0.15) is 11.4 Å². The minimum Gasteiger partial charge on any atom is -0.497 e. The highest BCUT2D eigenvalue weighted by atomic mass is 16.5. The van der Waals surface area contributed by atoms with E-state index in [0.717, 1.165) is 39.8 Å². The Morgan fingerprint density at radius 2 is 2.00 bits per heavy atom. The van der Waals surface area contributed by atoms with Crippen molar-refractivity contribution in [1.82, 2.24) is 10.3 Å². The largest absolute Gasteiger partial charge is 0.497 e. The van der Waals surface area contributed by atoms with Crippen LogP contribution < -0.4 is 10.1 Å². The van der Waals surface area contributed by atoms with Crippen LogP contribution in [0.25, 0.3) is 22.0 Å². The molecule has 0 radical (unpaired) electrons. The quantitative estimate of drug-likeness (QED) is 0.751. The molecule has 2 heterocycles. The van der Waals surface area contributed by atoms with Crippen molar-refractivity contribution in [3.63, 3.8) is 0 Å². The average Bonchev–Trinajstić information content (AvgIpc) is 2.92. The van der Waals surface area contributed by atoms with Crippen molar-refractivity contribution in [3.8, 4) is 16.9 Å². The number of H-pyrrole nitrogens is 1. The maximum Gasteiger partial charge on any atom is 0.268 e. The summed E-state index contributed by atoms with van der Waals surface area (Å²) in [6.07, 6.45) is 0.855. The molecule has 4 nitrogen and oxygen atoms in total. The highest BCUT2D eigenvalue weighted by molar-refractivity contribution is 6.11. The van der Waals surface area contributed by atoms with Gasteiger partial charge in [-0.2, -0.15) is 0 Å². The number of methoxy groups -OCH3 is 1. The number of amides is 1. The van der Waals surface area contributed by atoms with Gasteiger partial charge >= 0.3 is 0 Å². The Kier molecular flexibility index (Phi) is 3.11. The van der Waals surface area contributed by atoms with E-state index >= 15 is 0 Å². The molecule has 0 unspecified atom stereocenters. The summed E-state index contributed by atoms with van der Waals surface area (Å²) in [5.74, 6) is 0.728. The van der Waals surface area contributed by atoms with Crippen molar-refractivity contribution in [2.75, 3.05) is 7.11 Å². The summed E-state index contributed by atoms with van der Waals surface area (Å²) in [7, 11) is 1.65. The number of aromatic amines is 1. The molecule has 2 aromatic carbocycles. The Morgan fingerprint density at radius 3 is 2.78 bits per heavy atom. The number of hydrogen-bond donors (Lipinski definition) is 2. The lowest BCUT2D eigenvalue weighted by atomic mass is 9.93. The number of rotatable bonds is 2. The second-order valence-electron chi connectivity index (χ2n) is 5.81. The van der Waals surface area contributed by atoms with Crippen molar-refractivity contribution >= 4 is 16.8 Å². The van der Waals surface area contributed by atoms with Crippen LogP contribution in [-0.2, 0) is 0 Å². The summed E-state index contributed by atoms with van der Waals surface area (Å²) in [6, 6.07) is 14.1. The van der Waals surface area contributed by atoms with Crippen molar-refractivity contribution in [1.29, 1.82) is 0 Å². The van der Waals surface area contributed by atoms with Crippen LogP contribution >= 0.6 is 0 Å². The third-order valence-electron chi connectivity index (χ3n) is 4.55. The van der Waals surface area contributed by atoms with Gasteiger partial charge in [0.25, 0.3) is 5.91 Å². The van der Waals surface area contributed by atoms with Gasteiger partial charge in [0.2, 0.25) is 0 Å². The summed E-state index contributed by atoms with van der Waals surface area (Å²) in [6.45, 7) is 2.09. The lowest BCUT2D eigenvalue weighted by Gasteiger charge is -2.17. The van der Waals surface area contributed by atoms with Gasteiger partial charge in [0.05, 0.1) is 13.2 Å². The molecule has 1 aliphatic rings. The maximum atomic E-state index is 12.7. The van der Waals surface area contributed by atoms with Crippen LogP contribution in [0.15, 0.2) is 42.5 Å². The van der Waals surface area contributed by atoms with Gasteiger partial charge in [-0.3, -0.25) is 4.79 Å². The second-order valence-corrected chi connectivity index (χ2v) is 5.81. The number of carbonyl (C=O) groups is 1. The number of benzene rings is 2. The van der Waals surface area contributed by atoms with Gasteiger partial charge in [0, 0.05) is 16.5 Å². The SMILES string of the molecule is CC[C@H]1NC(=O)c2[nH]c3ccc(OC)cc3c2-c2ccccc21. The average molecular weight is 306 g/mol. The zero-order valence-electron chi connectivity index (χ0n) is 13.1. The second kappa shape index (κ2) is 5.16. The van der Waals surface area contributed by atoms with E-state index < -0.39 is 0 Å². The molecule has 2 N–H and O–H groups in total. The summed E-state index contributed by atoms with van der Waals surface area (Å²) in [4.78, 5) is 16.0. The number of hydrogen-bond acceptors (Lipinski definition) is 2. The molecule has 1 amide bonds.